The molecule has 2 nitrogen and oxygen atoms in total. The van der Waals surface area contributed by atoms with E-state index in [1.807, 2.05) is 24.3 Å². The Hall–Kier alpha value is -1.66. The molecule has 0 saturated heterocycles. The quantitative estimate of drug-likeness (QED) is 0.655. The second kappa shape index (κ2) is 7.95. The molecule has 2 aromatic carbocycles. The van der Waals surface area contributed by atoms with Gasteiger partial charge in [0.1, 0.15) is 11.5 Å². The number of allylic oxidation sites excluding steroid dienone is 2. The van der Waals surface area contributed by atoms with Gasteiger partial charge in [-0.3, -0.25) is 0 Å². The van der Waals surface area contributed by atoms with Gasteiger partial charge in [-0.15, -0.1) is 0 Å². The van der Waals surface area contributed by atoms with Crippen LogP contribution in [0.3, 0.4) is 0 Å². The molecule has 3 heteroatoms. The minimum atomic E-state index is 0. The maximum absolute atomic E-state index is 9.41. The van der Waals surface area contributed by atoms with Crippen molar-refractivity contribution in [3.05, 3.63) is 59.7 Å². The molecule has 2 aromatic rings. The Morgan fingerprint density at radius 1 is 0.667 bits per heavy atom. The first-order chi connectivity index (χ1) is 9.65. The first kappa shape index (κ1) is 17.4. The third-order valence-corrected chi connectivity index (χ3v) is 3.50. The van der Waals surface area contributed by atoms with Crippen LogP contribution in [0.15, 0.2) is 48.5 Å². The SMILES string of the molecule is CC/C(=C(/CC)c1ccc(O)cc1)c1ccc(O)cc1.[AsH3]. The summed E-state index contributed by atoms with van der Waals surface area (Å²) in [7, 11) is 0. The van der Waals surface area contributed by atoms with Crippen molar-refractivity contribution < 1.29 is 10.2 Å². The molecule has 0 saturated carbocycles. The van der Waals surface area contributed by atoms with Crippen LogP contribution >= 0.6 is 0 Å². The minimum absolute atomic E-state index is 0. The molecule has 112 valence electrons. The summed E-state index contributed by atoms with van der Waals surface area (Å²) >= 11 is 0. The van der Waals surface area contributed by atoms with Gasteiger partial charge in [-0.05, 0) is 59.4 Å². The summed E-state index contributed by atoms with van der Waals surface area (Å²) in [6.07, 6.45) is 1.85. The molecule has 0 spiro atoms. The summed E-state index contributed by atoms with van der Waals surface area (Å²) in [6, 6.07) is 14.7. The molecule has 21 heavy (non-hydrogen) atoms. The van der Waals surface area contributed by atoms with Gasteiger partial charge < -0.3 is 10.2 Å². The van der Waals surface area contributed by atoms with Gasteiger partial charge >= 0.3 is 18.0 Å². The summed E-state index contributed by atoms with van der Waals surface area (Å²) in [5, 5.41) is 18.8. The zero-order chi connectivity index (χ0) is 14.5. The summed E-state index contributed by atoms with van der Waals surface area (Å²) in [5.41, 5.74) is 4.82. The molecule has 0 radical (unpaired) electrons. The topological polar surface area (TPSA) is 40.5 Å². The second-order valence-corrected chi connectivity index (χ2v) is 4.76. The molecule has 0 fully saturated rings. The Bertz CT molecular complexity index is 543. The fourth-order valence-electron chi connectivity index (χ4n) is 2.51. The van der Waals surface area contributed by atoms with Gasteiger partial charge in [0, 0.05) is 0 Å². The number of hydrogen-bond donors (Lipinski definition) is 2. The van der Waals surface area contributed by atoms with E-state index >= 15 is 0 Å². The Labute approximate surface area is 137 Å². The molecule has 1 atom stereocenters. The number of rotatable bonds is 4. The van der Waals surface area contributed by atoms with Crippen LogP contribution in [0.4, 0.5) is 0 Å². The standard InChI is InChI=1S/C18H20O2.AsH3/c1-3-17(13-5-9-15(19)10-6-13)18(4-2)14-7-11-16(20)12-8-14;/h5-12,19-20H,3-4H2,1-2H3;1H3/b18-17+;. The Morgan fingerprint density at radius 2 is 0.952 bits per heavy atom. The van der Waals surface area contributed by atoms with Crippen molar-refractivity contribution in [1.82, 2.24) is 0 Å². The van der Waals surface area contributed by atoms with E-state index in [4.69, 9.17) is 0 Å². The first-order valence-electron chi connectivity index (χ1n) is 6.96. The van der Waals surface area contributed by atoms with E-state index in [2.05, 4.69) is 13.8 Å². The zero-order valence-electron chi connectivity index (χ0n) is 12.6. The molecule has 0 aliphatic carbocycles. The number of hydrogen-bond acceptors (Lipinski definition) is 2. The predicted octanol–water partition coefficient (Wildman–Crippen LogP) is 3.64. The third kappa shape index (κ3) is 4.15. The molecule has 1 unspecified atom stereocenters. The van der Waals surface area contributed by atoms with Crippen molar-refractivity contribution in [2.75, 3.05) is 0 Å². The number of benzene rings is 2. The van der Waals surface area contributed by atoms with Crippen molar-refractivity contribution >= 4 is 29.1 Å². The van der Waals surface area contributed by atoms with Crippen LogP contribution in [0, 0.1) is 0 Å². The zero-order valence-corrected chi connectivity index (χ0v) is 15.6. The fraction of sp³-hybridized carbons (Fsp3) is 0.222. The van der Waals surface area contributed by atoms with Crippen LogP contribution in [0.25, 0.3) is 11.1 Å². The van der Waals surface area contributed by atoms with Gasteiger partial charge in [0.05, 0.1) is 0 Å². The monoisotopic (exact) mass is 346 g/mol. The average Bonchev–Trinajstić information content (AvgIpc) is 2.47. The van der Waals surface area contributed by atoms with E-state index < -0.39 is 0 Å². The maximum atomic E-state index is 9.41. The third-order valence-electron chi connectivity index (χ3n) is 3.50. The van der Waals surface area contributed by atoms with Crippen LogP contribution in [0.1, 0.15) is 37.8 Å². The molecule has 0 heterocycles. The average molecular weight is 346 g/mol. The second-order valence-electron chi connectivity index (χ2n) is 4.76. The van der Waals surface area contributed by atoms with E-state index in [9.17, 15) is 10.2 Å². The van der Waals surface area contributed by atoms with Gasteiger partial charge in [0.25, 0.3) is 0 Å². The molecule has 2 rings (SSSR count). The molecule has 0 bridgehead atoms. The van der Waals surface area contributed by atoms with Crippen LogP contribution in [-0.4, -0.2) is 28.2 Å². The van der Waals surface area contributed by atoms with Crippen molar-refractivity contribution in [3.8, 4) is 11.5 Å². The number of phenols is 2. The molecular weight excluding hydrogens is 323 g/mol. The number of aromatic hydroxyl groups is 2. The van der Waals surface area contributed by atoms with Gasteiger partial charge in [-0.25, -0.2) is 0 Å². The molecule has 0 aliphatic heterocycles. The van der Waals surface area contributed by atoms with Gasteiger partial charge in [0.2, 0.25) is 0 Å². The molecule has 0 aliphatic rings. The summed E-state index contributed by atoms with van der Waals surface area (Å²) in [5.74, 6) is 0.568. The van der Waals surface area contributed by atoms with Crippen LogP contribution in [-0.2, 0) is 0 Å². The van der Waals surface area contributed by atoms with Crippen LogP contribution in [0.2, 0.25) is 0 Å². The van der Waals surface area contributed by atoms with Gasteiger partial charge in [0.15, 0.2) is 0 Å². The normalized spacial score (nSPS) is 11.5. The molecule has 0 amide bonds. The molecule has 0 aromatic heterocycles. The van der Waals surface area contributed by atoms with E-state index in [-0.39, 0.29) is 29.5 Å². The Balaban J connectivity index is 0.00000220. The van der Waals surface area contributed by atoms with Crippen LogP contribution < -0.4 is 0 Å². The van der Waals surface area contributed by atoms with Crippen molar-refractivity contribution in [1.29, 1.82) is 0 Å². The van der Waals surface area contributed by atoms with Gasteiger partial charge in [-0.1, -0.05) is 38.1 Å². The summed E-state index contributed by atoms with van der Waals surface area (Å²) in [6.45, 7) is 4.27. The van der Waals surface area contributed by atoms with E-state index in [0.717, 1.165) is 24.0 Å². The Morgan fingerprint density at radius 3 is 1.19 bits per heavy atom. The van der Waals surface area contributed by atoms with E-state index in [1.54, 1.807) is 24.3 Å². The summed E-state index contributed by atoms with van der Waals surface area (Å²) < 4.78 is 0. The van der Waals surface area contributed by atoms with Crippen molar-refractivity contribution in [2.24, 2.45) is 0 Å². The Kier molecular flexibility index (Phi) is 6.58. The fourth-order valence-corrected chi connectivity index (χ4v) is 2.51. The molecule has 2 N–H and O–H groups in total. The first-order valence-corrected chi connectivity index (χ1v) is 6.96. The summed E-state index contributed by atoms with van der Waals surface area (Å²) in [4.78, 5) is 0. The number of phenolic OH excluding ortho intramolecular Hbond substituents is 2. The van der Waals surface area contributed by atoms with Crippen molar-refractivity contribution in [2.45, 2.75) is 26.7 Å². The van der Waals surface area contributed by atoms with E-state index in [1.165, 1.54) is 11.1 Å². The predicted molar refractivity (Wildman–Crippen MR) is 93.5 cm³/mol. The molecular formula is C18H23AsO2. The van der Waals surface area contributed by atoms with E-state index in [0.29, 0.717) is 0 Å². The van der Waals surface area contributed by atoms with Crippen molar-refractivity contribution in [3.63, 3.8) is 0 Å². The van der Waals surface area contributed by atoms with Gasteiger partial charge in [-0.2, -0.15) is 0 Å². The van der Waals surface area contributed by atoms with Crippen LogP contribution in [0.5, 0.6) is 11.5 Å².